The van der Waals surface area contributed by atoms with Crippen LogP contribution in [0.2, 0.25) is 0 Å². The van der Waals surface area contributed by atoms with E-state index in [-0.39, 0.29) is 11.3 Å². The van der Waals surface area contributed by atoms with E-state index in [0.717, 1.165) is 21.7 Å². The van der Waals surface area contributed by atoms with Crippen molar-refractivity contribution in [2.75, 3.05) is 0 Å². The quantitative estimate of drug-likeness (QED) is 0.295. The highest BCUT2D eigenvalue weighted by atomic mass is 32.2. The van der Waals surface area contributed by atoms with Gasteiger partial charge in [0.2, 0.25) is 0 Å². The van der Waals surface area contributed by atoms with Crippen molar-refractivity contribution in [3.05, 3.63) is 78.4 Å². The third-order valence-electron chi connectivity index (χ3n) is 4.71. The van der Waals surface area contributed by atoms with Gasteiger partial charge in [0.15, 0.2) is 5.75 Å². The monoisotopic (exact) mass is 416 g/mol. The van der Waals surface area contributed by atoms with Crippen molar-refractivity contribution >= 4 is 31.7 Å². The number of rotatable bonds is 3. The van der Waals surface area contributed by atoms with Crippen molar-refractivity contribution < 1.29 is 25.8 Å². The minimum absolute atomic E-state index is 0.278. The summed E-state index contributed by atoms with van der Waals surface area (Å²) in [6.45, 7) is 1.82. The molecule has 0 spiro atoms. The van der Waals surface area contributed by atoms with E-state index in [1.54, 1.807) is 30.3 Å². The van der Waals surface area contributed by atoms with Gasteiger partial charge < -0.3 is 4.18 Å². The first-order valence-electron chi connectivity index (χ1n) is 8.69. The van der Waals surface area contributed by atoms with Crippen LogP contribution in [0.5, 0.6) is 5.75 Å². The summed E-state index contributed by atoms with van der Waals surface area (Å²) in [5, 5.41) is 3.18. The minimum atomic E-state index is -5.81. The summed E-state index contributed by atoms with van der Waals surface area (Å²) >= 11 is 0. The number of halogens is 3. The Bertz CT molecular complexity index is 1340. The Hall–Kier alpha value is -3.06. The Morgan fingerprint density at radius 2 is 1.17 bits per heavy atom. The second-order valence-corrected chi connectivity index (χ2v) is 8.23. The maximum atomic E-state index is 12.9. The molecule has 4 rings (SSSR count). The Morgan fingerprint density at radius 3 is 1.69 bits per heavy atom. The third kappa shape index (κ3) is 3.53. The highest BCUT2D eigenvalue weighted by Crippen LogP contribution is 2.39. The first-order chi connectivity index (χ1) is 13.7. The molecular weight excluding hydrogens is 401 g/mol. The molecule has 0 aliphatic rings. The van der Waals surface area contributed by atoms with Crippen molar-refractivity contribution in [3.63, 3.8) is 0 Å². The molecule has 148 valence electrons. The first kappa shape index (κ1) is 19.3. The summed E-state index contributed by atoms with van der Waals surface area (Å²) in [5.74, 6) is -0.362. The van der Waals surface area contributed by atoms with Gasteiger partial charge in [0.1, 0.15) is 0 Å². The maximum absolute atomic E-state index is 12.9. The Morgan fingerprint density at radius 1 is 0.724 bits per heavy atom. The SMILES string of the molecule is Cc1cc2ccccc2cc1-c1cc2ccccc2cc1OS(=O)(=O)C(F)(F)F. The van der Waals surface area contributed by atoms with Crippen LogP contribution in [-0.2, 0) is 10.1 Å². The first-order valence-corrected chi connectivity index (χ1v) is 10.1. The molecule has 0 radical (unpaired) electrons. The largest absolute Gasteiger partial charge is 0.534 e. The van der Waals surface area contributed by atoms with Crippen LogP contribution in [0.3, 0.4) is 0 Å². The number of hydrogen-bond acceptors (Lipinski definition) is 3. The van der Waals surface area contributed by atoms with Crippen molar-refractivity contribution in [1.29, 1.82) is 0 Å². The summed E-state index contributed by atoms with van der Waals surface area (Å²) in [6, 6.07) is 21.2. The van der Waals surface area contributed by atoms with E-state index in [1.165, 1.54) is 6.07 Å². The molecule has 0 saturated carbocycles. The molecule has 0 fully saturated rings. The molecular formula is C22H15F3O3S. The summed E-state index contributed by atoms with van der Waals surface area (Å²) < 4.78 is 66.8. The molecule has 0 aliphatic heterocycles. The van der Waals surface area contributed by atoms with Crippen LogP contribution in [-0.4, -0.2) is 13.9 Å². The number of benzene rings is 4. The highest BCUT2D eigenvalue weighted by molar-refractivity contribution is 7.88. The van der Waals surface area contributed by atoms with E-state index in [9.17, 15) is 21.6 Å². The fourth-order valence-electron chi connectivity index (χ4n) is 3.31. The van der Waals surface area contributed by atoms with Gasteiger partial charge in [0.25, 0.3) is 0 Å². The number of fused-ring (bicyclic) bond motifs is 2. The Labute approximate surface area is 165 Å². The van der Waals surface area contributed by atoms with Crippen molar-refractivity contribution in [2.45, 2.75) is 12.4 Å². The lowest BCUT2D eigenvalue weighted by molar-refractivity contribution is -0.0499. The molecule has 0 atom stereocenters. The van der Waals surface area contributed by atoms with Crippen LogP contribution in [0.25, 0.3) is 32.7 Å². The van der Waals surface area contributed by atoms with Crippen LogP contribution < -0.4 is 4.18 Å². The maximum Gasteiger partial charge on any atom is 0.534 e. The topological polar surface area (TPSA) is 43.4 Å². The number of hydrogen-bond donors (Lipinski definition) is 0. The summed E-state index contributed by atoms with van der Waals surface area (Å²) in [5.41, 5.74) is -3.86. The predicted molar refractivity (Wildman–Crippen MR) is 107 cm³/mol. The molecule has 0 N–H and O–H groups in total. The van der Waals surface area contributed by atoms with Gasteiger partial charge in [0.05, 0.1) is 0 Å². The van der Waals surface area contributed by atoms with Gasteiger partial charge in [-0.05, 0) is 57.8 Å². The average molecular weight is 416 g/mol. The van der Waals surface area contributed by atoms with Crippen LogP contribution in [0.15, 0.2) is 72.8 Å². The van der Waals surface area contributed by atoms with Gasteiger partial charge in [-0.2, -0.15) is 21.6 Å². The van der Waals surface area contributed by atoms with E-state index in [2.05, 4.69) is 4.18 Å². The van der Waals surface area contributed by atoms with E-state index >= 15 is 0 Å². The molecule has 4 aromatic carbocycles. The van der Waals surface area contributed by atoms with Crippen LogP contribution >= 0.6 is 0 Å². The Kier molecular flexibility index (Phi) is 4.50. The van der Waals surface area contributed by atoms with Crippen molar-refractivity contribution in [2.24, 2.45) is 0 Å². The third-order valence-corrected chi connectivity index (χ3v) is 5.68. The van der Waals surface area contributed by atoms with Gasteiger partial charge in [-0.15, -0.1) is 0 Å². The molecule has 0 amide bonds. The van der Waals surface area contributed by atoms with Gasteiger partial charge in [-0.3, -0.25) is 0 Å². The van der Waals surface area contributed by atoms with E-state index in [4.69, 9.17) is 0 Å². The normalized spacial score (nSPS) is 12.4. The number of aryl methyl sites for hydroxylation is 1. The fraction of sp³-hybridized carbons (Fsp3) is 0.0909. The molecule has 0 aromatic heterocycles. The standard InChI is InChI=1S/C22H15F3O3S/c1-14-10-15-6-2-3-7-16(15)11-19(14)20-12-17-8-4-5-9-18(17)13-21(20)28-29(26,27)22(23,24)25/h2-13H,1H3. The summed E-state index contributed by atoms with van der Waals surface area (Å²) in [6.07, 6.45) is 0. The van der Waals surface area contributed by atoms with Crippen LogP contribution in [0.1, 0.15) is 5.56 Å². The van der Waals surface area contributed by atoms with Crippen molar-refractivity contribution in [1.82, 2.24) is 0 Å². The molecule has 7 heteroatoms. The molecule has 0 bridgehead atoms. The summed E-state index contributed by atoms with van der Waals surface area (Å²) in [7, 11) is -5.81. The zero-order chi connectivity index (χ0) is 20.8. The fourth-order valence-corrected chi connectivity index (χ4v) is 3.78. The minimum Gasteiger partial charge on any atom is -0.375 e. The molecule has 3 nitrogen and oxygen atoms in total. The smallest absolute Gasteiger partial charge is 0.375 e. The van der Waals surface area contributed by atoms with Gasteiger partial charge in [-0.1, -0.05) is 54.6 Å². The van der Waals surface area contributed by atoms with E-state index in [1.807, 2.05) is 43.3 Å². The lowest BCUT2D eigenvalue weighted by Gasteiger charge is -2.16. The lowest BCUT2D eigenvalue weighted by atomic mass is 9.94. The van der Waals surface area contributed by atoms with E-state index < -0.39 is 15.6 Å². The van der Waals surface area contributed by atoms with E-state index in [0.29, 0.717) is 10.9 Å². The molecule has 0 heterocycles. The second kappa shape index (κ2) is 6.77. The zero-order valence-electron chi connectivity index (χ0n) is 15.2. The molecule has 0 aliphatic carbocycles. The Balaban J connectivity index is 1.99. The molecule has 0 unspecified atom stereocenters. The van der Waals surface area contributed by atoms with Crippen LogP contribution in [0.4, 0.5) is 13.2 Å². The van der Waals surface area contributed by atoms with Crippen molar-refractivity contribution in [3.8, 4) is 16.9 Å². The van der Waals surface area contributed by atoms with Crippen LogP contribution in [0, 0.1) is 6.92 Å². The number of alkyl halides is 3. The zero-order valence-corrected chi connectivity index (χ0v) is 16.0. The molecule has 0 saturated heterocycles. The van der Waals surface area contributed by atoms with Gasteiger partial charge in [-0.25, -0.2) is 0 Å². The molecule has 29 heavy (non-hydrogen) atoms. The van der Waals surface area contributed by atoms with Gasteiger partial charge >= 0.3 is 15.6 Å². The average Bonchev–Trinajstić information content (AvgIpc) is 2.66. The predicted octanol–water partition coefficient (Wildman–Crippen LogP) is 6.20. The molecule has 4 aromatic rings. The second-order valence-electron chi connectivity index (χ2n) is 6.69. The van der Waals surface area contributed by atoms with Gasteiger partial charge in [0, 0.05) is 5.56 Å². The summed E-state index contributed by atoms with van der Waals surface area (Å²) in [4.78, 5) is 0. The lowest BCUT2D eigenvalue weighted by Crippen LogP contribution is -2.28. The highest BCUT2D eigenvalue weighted by Gasteiger charge is 2.48.